The number of benzene rings is 1. The van der Waals surface area contributed by atoms with Crippen LogP contribution < -0.4 is 5.73 Å². The van der Waals surface area contributed by atoms with Gasteiger partial charge in [0.05, 0.1) is 10.7 Å². The molecule has 0 fully saturated rings. The summed E-state index contributed by atoms with van der Waals surface area (Å²) in [6.07, 6.45) is 3.46. The van der Waals surface area contributed by atoms with Gasteiger partial charge in [-0.3, -0.25) is 4.98 Å². The fourth-order valence-electron chi connectivity index (χ4n) is 2.26. The maximum absolute atomic E-state index is 5.74. The van der Waals surface area contributed by atoms with Gasteiger partial charge in [-0.2, -0.15) is 0 Å². The van der Waals surface area contributed by atoms with Crippen molar-refractivity contribution in [3.05, 3.63) is 70.3 Å². The van der Waals surface area contributed by atoms with Gasteiger partial charge in [0.25, 0.3) is 0 Å². The molecule has 1 aromatic carbocycles. The van der Waals surface area contributed by atoms with Gasteiger partial charge >= 0.3 is 0 Å². The van der Waals surface area contributed by atoms with Gasteiger partial charge in [0.2, 0.25) is 0 Å². The van der Waals surface area contributed by atoms with Gasteiger partial charge in [0.15, 0.2) is 0 Å². The van der Waals surface area contributed by atoms with Gasteiger partial charge < -0.3 is 5.73 Å². The highest BCUT2D eigenvalue weighted by Gasteiger charge is 2.13. The van der Waals surface area contributed by atoms with Crippen LogP contribution in [0.25, 0.3) is 11.3 Å². The molecule has 0 bridgehead atoms. The molecule has 0 aliphatic rings. The molecule has 3 aromatic rings. The Morgan fingerprint density at radius 3 is 2.52 bits per heavy atom. The van der Waals surface area contributed by atoms with Crippen LogP contribution in [0.15, 0.2) is 54.7 Å². The molecule has 0 amide bonds. The average molecular weight is 295 g/mol. The van der Waals surface area contributed by atoms with E-state index in [9.17, 15) is 0 Å². The van der Waals surface area contributed by atoms with Crippen LogP contribution in [0.1, 0.15) is 15.6 Å². The second-order valence-corrected chi connectivity index (χ2v) is 5.95. The third-order valence-electron chi connectivity index (χ3n) is 3.22. The van der Waals surface area contributed by atoms with Crippen molar-refractivity contribution in [2.75, 3.05) is 6.54 Å². The molecule has 3 nitrogen and oxygen atoms in total. The summed E-state index contributed by atoms with van der Waals surface area (Å²) in [7, 11) is 0. The molecule has 21 heavy (non-hydrogen) atoms. The predicted molar refractivity (Wildman–Crippen MR) is 87.4 cm³/mol. The molecular formula is C17H17N3S. The van der Waals surface area contributed by atoms with E-state index in [1.807, 2.05) is 42.6 Å². The van der Waals surface area contributed by atoms with E-state index in [1.165, 1.54) is 4.88 Å². The van der Waals surface area contributed by atoms with Gasteiger partial charge in [-0.15, -0.1) is 11.3 Å². The highest BCUT2D eigenvalue weighted by Crippen LogP contribution is 2.29. The van der Waals surface area contributed by atoms with Crippen molar-refractivity contribution in [1.82, 2.24) is 9.97 Å². The number of aromatic nitrogens is 2. The van der Waals surface area contributed by atoms with Gasteiger partial charge in [-0.1, -0.05) is 36.4 Å². The Morgan fingerprint density at radius 1 is 1.00 bits per heavy atom. The first-order valence-corrected chi connectivity index (χ1v) is 7.82. The minimum absolute atomic E-state index is 0.644. The maximum atomic E-state index is 5.74. The van der Waals surface area contributed by atoms with Crippen LogP contribution in [0.5, 0.6) is 0 Å². The monoisotopic (exact) mass is 295 g/mol. The third kappa shape index (κ3) is 3.35. The van der Waals surface area contributed by atoms with E-state index in [0.29, 0.717) is 6.54 Å². The van der Waals surface area contributed by atoms with E-state index in [2.05, 4.69) is 17.1 Å². The van der Waals surface area contributed by atoms with Crippen molar-refractivity contribution in [2.45, 2.75) is 12.8 Å². The fraction of sp³-hybridized carbons (Fsp3) is 0.176. The second-order valence-electron chi connectivity index (χ2n) is 4.78. The minimum atomic E-state index is 0.644. The molecule has 0 saturated carbocycles. The lowest BCUT2D eigenvalue weighted by molar-refractivity contribution is 0.984. The van der Waals surface area contributed by atoms with Crippen molar-refractivity contribution in [2.24, 2.45) is 5.73 Å². The molecule has 0 radical (unpaired) electrons. The topological polar surface area (TPSA) is 51.8 Å². The van der Waals surface area contributed by atoms with Gasteiger partial charge in [0, 0.05) is 28.8 Å². The largest absolute Gasteiger partial charge is 0.330 e. The van der Waals surface area contributed by atoms with Crippen LogP contribution in [0.2, 0.25) is 0 Å². The summed E-state index contributed by atoms with van der Waals surface area (Å²) in [6, 6.07) is 16.3. The lowest BCUT2D eigenvalue weighted by atomic mass is 10.1. The summed E-state index contributed by atoms with van der Waals surface area (Å²) < 4.78 is 0. The highest BCUT2D eigenvalue weighted by molar-refractivity contribution is 7.12. The molecule has 2 N–H and O–H groups in total. The Morgan fingerprint density at radius 2 is 1.81 bits per heavy atom. The summed E-state index contributed by atoms with van der Waals surface area (Å²) in [5.41, 5.74) is 9.01. The number of rotatable bonds is 5. The lowest BCUT2D eigenvalue weighted by Gasteiger charge is -2.00. The quantitative estimate of drug-likeness (QED) is 0.785. The Hall–Kier alpha value is -2.04. The normalized spacial score (nSPS) is 10.7. The Labute approximate surface area is 128 Å². The van der Waals surface area contributed by atoms with E-state index < -0.39 is 0 Å². The molecule has 0 unspecified atom stereocenters. The summed E-state index contributed by atoms with van der Waals surface area (Å²) in [5.74, 6) is 0. The molecule has 0 spiro atoms. The van der Waals surface area contributed by atoms with Crippen LogP contribution in [0, 0.1) is 0 Å². The summed E-state index contributed by atoms with van der Waals surface area (Å²) >= 11 is 1.74. The van der Waals surface area contributed by atoms with E-state index in [0.717, 1.165) is 34.8 Å². The minimum Gasteiger partial charge on any atom is -0.330 e. The van der Waals surface area contributed by atoms with E-state index in [1.54, 1.807) is 11.3 Å². The Kier molecular flexibility index (Phi) is 4.38. The van der Waals surface area contributed by atoms with Crippen LogP contribution in [-0.2, 0) is 12.8 Å². The van der Waals surface area contributed by atoms with E-state index in [4.69, 9.17) is 10.7 Å². The molecule has 106 valence electrons. The number of thiazole rings is 1. The van der Waals surface area contributed by atoms with Crippen LogP contribution in [0.4, 0.5) is 0 Å². The van der Waals surface area contributed by atoms with Crippen LogP contribution in [-0.4, -0.2) is 16.5 Å². The third-order valence-corrected chi connectivity index (χ3v) is 4.33. The summed E-state index contributed by atoms with van der Waals surface area (Å²) in [5, 5.41) is 1.09. The van der Waals surface area contributed by atoms with Crippen molar-refractivity contribution in [3.8, 4) is 11.3 Å². The zero-order valence-electron chi connectivity index (χ0n) is 11.7. The molecule has 3 rings (SSSR count). The summed E-state index contributed by atoms with van der Waals surface area (Å²) in [4.78, 5) is 10.4. The van der Waals surface area contributed by atoms with E-state index in [-0.39, 0.29) is 0 Å². The van der Waals surface area contributed by atoms with Crippen molar-refractivity contribution < 1.29 is 0 Å². The van der Waals surface area contributed by atoms with Crippen molar-refractivity contribution in [1.29, 1.82) is 0 Å². The smallest absolute Gasteiger partial charge is 0.0995 e. The number of pyridine rings is 1. The molecule has 0 aliphatic heterocycles. The zero-order chi connectivity index (χ0) is 14.5. The summed E-state index contributed by atoms with van der Waals surface area (Å²) in [6.45, 7) is 0.644. The van der Waals surface area contributed by atoms with Crippen molar-refractivity contribution in [3.63, 3.8) is 0 Å². The number of hydrogen-bond acceptors (Lipinski definition) is 4. The molecular weight excluding hydrogens is 278 g/mol. The van der Waals surface area contributed by atoms with Gasteiger partial charge in [0.1, 0.15) is 0 Å². The lowest BCUT2D eigenvalue weighted by Crippen LogP contribution is -2.02. The molecule has 4 heteroatoms. The Balaban J connectivity index is 1.93. The first kappa shape index (κ1) is 13.9. The van der Waals surface area contributed by atoms with Crippen LogP contribution >= 0.6 is 11.3 Å². The maximum Gasteiger partial charge on any atom is 0.0995 e. The van der Waals surface area contributed by atoms with Gasteiger partial charge in [-0.25, -0.2) is 4.98 Å². The SMILES string of the molecule is NCCc1sc(Cc2ccccn2)nc1-c1ccccc1. The second kappa shape index (κ2) is 6.61. The first-order valence-electron chi connectivity index (χ1n) is 7.01. The molecule has 2 aromatic heterocycles. The average Bonchev–Trinajstić information content (AvgIpc) is 2.92. The predicted octanol–water partition coefficient (Wildman–Crippen LogP) is 3.30. The molecule has 0 aliphatic carbocycles. The number of nitrogens with two attached hydrogens (primary N) is 1. The van der Waals surface area contributed by atoms with Crippen LogP contribution in [0.3, 0.4) is 0 Å². The fourth-order valence-corrected chi connectivity index (χ4v) is 3.38. The van der Waals surface area contributed by atoms with E-state index >= 15 is 0 Å². The molecule has 0 saturated heterocycles. The van der Waals surface area contributed by atoms with Gasteiger partial charge in [-0.05, 0) is 25.1 Å². The molecule has 0 atom stereocenters. The standard InChI is InChI=1S/C17H17N3S/c18-10-9-15-17(13-6-2-1-3-7-13)20-16(21-15)12-14-8-4-5-11-19-14/h1-8,11H,9-10,12,18H2. The molecule has 2 heterocycles. The first-order chi connectivity index (χ1) is 10.4. The highest BCUT2D eigenvalue weighted by atomic mass is 32.1. The number of nitrogens with zero attached hydrogens (tertiary/aromatic N) is 2. The van der Waals surface area contributed by atoms with Crippen molar-refractivity contribution >= 4 is 11.3 Å². The zero-order valence-corrected chi connectivity index (χ0v) is 12.5. The number of hydrogen-bond donors (Lipinski definition) is 1. The Bertz CT molecular complexity index is 693.